The van der Waals surface area contributed by atoms with Crippen molar-refractivity contribution in [3.05, 3.63) is 59.7 Å². The molecule has 0 spiro atoms. The molecule has 0 radical (unpaired) electrons. The van der Waals surface area contributed by atoms with Crippen LogP contribution in [0.25, 0.3) is 0 Å². The molecule has 0 amide bonds. The van der Waals surface area contributed by atoms with E-state index < -0.39 is 11.9 Å². The smallest absolute Gasteiger partial charge is 0.314 e. The van der Waals surface area contributed by atoms with Crippen LogP contribution in [0, 0.1) is 11.8 Å². The lowest BCUT2D eigenvalue weighted by Crippen LogP contribution is -2.27. The SMILES string of the molecule is CCCCCCCC1(c2ccccc2C[C@@H](C)CC)C=CC(C(=O)O)C=C1. The summed E-state index contributed by atoms with van der Waals surface area (Å²) in [5.74, 6) is -0.622. The predicted molar refractivity (Wildman–Crippen MR) is 114 cm³/mol. The number of aliphatic carboxylic acids is 1. The Kier molecular flexibility index (Phi) is 8.34. The minimum absolute atomic E-state index is 0.164. The highest BCUT2D eigenvalue weighted by molar-refractivity contribution is 5.75. The van der Waals surface area contributed by atoms with Crippen LogP contribution in [0.4, 0.5) is 0 Å². The van der Waals surface area contributed by atoms with E-state index in [2.05, 4.69) is 57.2 Å². The van der Waals surface area contributed by atoms with Gasteiger partial charge < -0.3 is 5.11 Å². The minimum Gasteiger partial charge on any atom is -0.481 e. The molecule has 0 unspecified atom stereocenters. The summed E-state index contributed by atoms with van der Waals surface area (Å²) in [5, 5.41) is 9.36. The molecule has 148 valence electrons. The fourth-order valence-electron chi connectivity index (χ4n) is 4.01. The van der Waals surface area contributed by atoms with Crippen LogP contribution in [-0.2, 0) is 16.6 Å². The molecular formula is C25H36O2. The van der Waals surface area contributed by atoms with Gasteiger partial charge in [0.15, 0.2) is 0 Å². The Balaban J connectivity index is 2.29. The molecule has 0 bridgehead atoms. The summed E-state index contributed by atoms with van der Waals surface area (Å²) in [4.78, 5) is 11.4. The molecule has 0 heterocycles. The monoisotopic (exact) mass is 368 g/mol. The van der Waals surface area contributed by atoms with Gasteiger partial charge in [0.1, 0.15) is 0 Å². The Morgan fingerprint density at radius 3 is 2.37 bits per heavy atom. The highest BCUT2D eigenvalue weighted by Crippen LogP contribution is 2.39. The Morgan fingerprint density at radius 1 is 1.07 bits per heavy atom. The van der Waals surface area contributed by atoms with Gasteiger partial charge in [-0.15, -0.1) is 0 Å². The summed E-state index contributed by atoms with van der Waals surface area (Å²) in [6.45, 7) is 6.79. The van der Waals surface area contributed by atoms with Crippen LogP contribution in [-0.4, -0.2) is 11.1 Å². The molecular weight excluding hydrogens is 332 g/mol. The lowest BCUT2D eigenvalue weighted by atomic mass is 9.70. The molecule has 2 nitrogen and oxygen atoms in total. The summed E-state index contributed by atoms with van der Waals surface area (Å²) in [6.07, 6.45) is 17.6. The van der Waals surface area contributed by atoms with E-state index in [0.717, 1.165) is 12.8 Å². The van der Waals surface area contributed by atoms with Crippen LogP contribution in [0.3, 0.4) is 0 Å². The van der Waals surface area contributed by atoms with Crippen molar-refractivity contribution < 1.29 is 9.90 Å². The van der Waals surface area contributed by atoms with E-state index in [4.69, 9.17) is 0 Å². The summed E-state index contributed by atoms with van der Waals surface area (Å²) in [5.41, 5.74) is 2.60. The maximum absolute atomic E-state index is 11.4. The lowest BCUT2D eigenvalue weighted by Gasteiger charge is -2.34. The van der Waals surface area contributed by atoms with E-state index in [-0.39, 0.29) is 5.41 Å². The molecule has 0 aromatic heterocycles. The molecule has 2 heteroatoms. The first kappa shape index (κ1) is 21.5. The Bertz CT molecular complexity index is 642. The average molecular weight is 369 g/mol. The van der Waals surface area contributed by atoms with Crippen LogP contribution in [0.5, 0.6) is 0 Å². The Hall–Kier alpha value is -1.83. The third kappa shape index (κ3) is 5.82. The molecule has 1 aromatic carbocycles. The number of hydrogen-bond donors (Lipinski definition) is 1. The summed E-state index contributed by atoms with van der Waals surface area (Å²) in [7, 11) is 0. The van der Waals surface area contributed by atoms with Gasteiger partial charge in [-0.1, -0.05) is 108 Å². The van der Waals surface area contributed by atoms with Gasteiger partial charge in [-0.2, -0.15) is 0 Å². The van der Waals surface area contributed by atoms with Crippen molar-refractivity contribution in [2.24, 2.45) is 11.8 Å². The van der Waals surface area contributed by atoms with Gasteiger partial charge in [-0.05, 0) is 29.9 Å². The third-order valence-corrected chi connectivity index (χ3v) is 5.97. The standard InChI is InChI=1S/C25H36O2/c1-4-6-7-8-11-16-25(17-14-21(15-18-25)24(26)27)23-13-10-9-12-22(23)19-20(3)5-2/h9-10,12-15,17-18,20-21H,4-8,11,16,19H2,1-3H3,(H,26,27)/t20-,21?,25?/m0/s1. The summed E-state index contributed by atoms with van der Waals surface area (Å²) in [6, 6.07) is 8.76. The van der Waals surface area contributed by atoms with E-state index in [1.807, 2.05) is 12.2 Å². The van der Waals surface area contributed by atoms with Crippen molar-refractivity contribution >= 4 is 5.97 Å². The van der Waals surface area contributed by atoms with Gasteiger partial charge in [-0.25, -0.2) is 0 Å². The number of carboxylic acids is 1. The summed E-state index contributed by atoms with van der Waals surface area (Å²) >= 11 is 0. The first-order valence-electron chi connectivity index (χ1n) is 10.7. The molecule has 0 saturated heterocycles. The van der Waals surface area contributed by atoms with Gasteiger partial charge in [0.25, 0.3) is 0 Å². The second kappa shape index (κ2) is 10.5. The number of carboxylic acid groups (broad SMARTS) is 1. The number of rotatable bonds is 11. The van der Waals surface area contributed by atoms with Gasteiger partial charge in [0, 0.05) is 5.41 Å². The lowest BCUT2D eigenvalue weighted by molar-refractivity contribution is -0.138. The number of unbranched alkanes of at least 4 members (excludes halogenated alkanes) is 4. The van der Waals surface area contributed by atoms with Crippen molar-refractivity contribution in [1.29, 1.82) is 0 Å². The number of allylic oxidation sites excluding steroid dienone is 2. The van der Waals surface area contributed by atoms with E-state index in [0.29, 0.717) is 5.92 Å². The molecule has 0 saturated carbocycles. The molecule has 1 aliphatic carbocycles. The second-order valence-corrected chi connectivity index (χ2v) is 8.16. The largest absolute Gasteiger partial charge is 0.481 e. The van der Waals surface area contributed by atoms with E-state index >= 15 is 0 Å². The zero-order valence-corrected chi connectivity index (χ0v) is 17.3. The van der Waals surface area contributed by atoms with Crippen molar-refractivity contribution in [2.75, 3.05) is 0 Å². The first-order valence-corrected chi connectivity index (χ1v) is 10.7. The predicted octanol–water partition coefficient (Wildman–Crippen LogP) is 6.70. The highest BCUT2D eigenvalue weighted by Gasteiger charge is 2.32. The van der Waals surface area contributed by atoms with Crippen LogP contribution in [0.15, 0.2) is 48.6 Å². The molecule has 1 N–H and O–H groups in total. The van der Waals surface area contributed by atoms with Crippen LogP contribution >= 0.6 is 0 Å². The quantitative estimate of drug-likeness (QED) is 0.348. The number of benzene rings is 1. The molecule has 0 fully saturated rings. The fourth-order valence-corrected chi connectivity index (χ4v) is 4.01. The van der Waals surface area contributed by atoms with Crippen molar-refractivity contribution in [2.45, 2.75) is 77.6 Å². The van der Waals surface area contributed by atoms with Crippen molar-refractivity contribution in [3.8, 4) is 0 Å². The first-order chi connectivity index (χ1) is 13.0. The van der Waals surface area contributed by atoms with Crippen LogP contribution in [0.1, 0.15) is 76.8 Å². The zero-order valence-electron chi connectivity index (χ0n) is 17.3. The fraction of sp³-hybridized carbons (Fsp3) is 0.560. The molecule has 2 rings (SSSR count). The molecule has 1 atom stereocenters. The molecule has 0 aliphatic heterocycles. The Labute approximate surface area is 165 Å². The minimum atomic E-state index is -0.771. The normalized spacial score (nSPS) is 22.7. The van der Waals surface area contributed by atoms with Crippen LogP contribution in [0.2, 0.25) is 0 Å². The van der Waals surface area contributed by atoms with E-state index in [1.54, 1.807) is 0 Å². The van der Waals surface area contributed by atoms with Crippen molar-refractivity contribution in [3.63, 3.8) is 0 Å². The molecule has 27 heavy (non-hydrogen) atoms. The third-order valence-electron chi connectivity index (χ3n) is 5.97. The van der Waals surface area contributed by atoms with E-state index in [9.17, 15) is 9.90 Å². The summed E-state index contributed by atoms with van der Waals surface area (Å²) < 4.78 is 0. The maximum atomic E-state index is 11.4. The van der Waals surface area contributed by atoms with Gasteiger partial charge in [0.2, 0.25) is 0 Å². The maximum Gasteiger partial charge on any atom is 0.314 e. The second-order valence-electron chi connectivity index (χ2n) is 8.16. The topological polar surface area (TPSA) is 37.3 Å². The van der Waals surface area contributed by atoms with Gasteiger partial charge in [0.05, 0.1) is 5.92 Å². The number of carbonyl (C=O) groups is 1. The van der Waals surface area contributed by atoms with Crippen LogP contribution < -0.4 is 0 Å². The highest BCUT2D eigenvalue weighted by atomic mass is 16.4. The molecule has 1 aromatic rings. The van der Waals surface area contributed by atoms with E-state index in [1.165, 1.54) is 49.7 Å². The zero-order chi connectivity index (χ0) is 19.7. The average Bonchev–Trinajstić information content (AvgIpc) is 2.68. The number of hydrogen-bond acceptors (Lipinski definition) is 1. The van der Waals surface area contributed by atoms with Gasteiger partial charge >= 0.3 is 5.97 Å². The Morgan fingerprint density at radius 2 is 1.74 bits per heavy atom. The van der Waals surface area contributed by atoms with Crippen molar-refractivity contribution in [1.82, 2.24) is 0 Å². The van der Waals surface area contributed by atoms with Gasteiger partial charge in [-0.3, -0.25) is 4.79 Å². The molecule has 1 aliphatic rings.